The largest absolute Gasteiger partial charge is 0.378 e. The molecule has 8 nitrogen and oxygen atoms in total. The Balaban J connectivity index is 0.00000241. The first kappa shape index (κ1) is 32.1. The third-order valence-corrected chi connectivity index (χ3v) is 8.06. The lowest BCUT2D eigenvalue weighted by atomic mass is 9.91. The molecule has 0 aliphatic carbocycles. The smallest absolute Gasteiger partial charge is 0.251 e. The first-order chi connectivity index (χ1) is 16.6. The number of carbonyl (C=O) groups excluding carboxylic acids is 1. The van der Waals surface area contributed by atoms with Gasteiger partial charge in [-0.2, -0.15) is 0 Å². The molecule has 3 aliphatic heterocycles. The zero-order chi connectivity index (χ0) is 25.3. The number of anilines is 1. The number of hydrogen-bond donors (Lipinski definition) is 2. The van der Waals surface area contributed by atoms with Crippen LogP contribution in [0.15, 0.2) is 10.9 Å². The normalized spacial score (nSPS) is 27.8. The Morgan fingerprint density at radius 1 is 1.16 bits per heavy atom. The minimum atomic E-state index is -0.276. The van der Waals surface area contributed by atoms with Gasteiger partial charge in [-0.15, -0.1) is 24.8 Å². The number of pyridine rings is 1. The van der Waals surface area contributed by atoms with E-state index in [2.05, 4.69) is 61.6 Å². The third-order valence-electron chi connectivity index (χ3n) is 8.06. The minimum absolute atomic E-state index is 0. The number of aromatic amines is 1. The molecule has 4 atom stereocenters. The molecule has 2 saturated heterocycles. The van der Waals surface area contributed by atoms with Crippen LogP contribution in [0.2, 0.25) is 0 Å². The molecule has 0 unspecified atom stereocenters. The van der Waals surface area contributed by atoms with Crippen molar-refractivity contribution in [3.63, 3.8) is 0 Å². The molecule has 1 aromatic heterocycles. The topological polar surface area (TPSA) is 80.9 Å². The average molecular weight is 561 g/mol. The summed E-state index contributed by atoms with van der Waals surface area (Å²) in [5.74, 6) is 0.118. The lowest BCUT2D eigenvalue weighted by Crippen LogP contribution is -2.63. The van der Waals surface area contributed by atoms with E-state index in [1.165, 1.54) is 0 Å². The average Bonchev–Trinajstić information content (AvgIpc) is 3.06. The molecule has 2 N–H and O–H groups in total. The van der Waals surface area contributed by atoms with E-state index < -0.39 is 0 Å². The molecule has 10 heteroatoms. The number of ether oxygens (including phenoxy) is 1. The lowest BCUT2D eigenvalue weighted by Gasteiger charge is -2.46. The molecular formula is C27H47Cl2N5O3. The highest BCUT2D eigenvalue weighted by atomic mass is 35.5. The van der Waals surface area contributed by atoms with Gasteiger partial charge in [-0.3, -0.25) is 19.4 Å². The quantitative estimate of drug-likeness (QED) is 0.534. The van der Waals surface area contributed by atoms with Crippen molar-refractivity contribution in [1.82, 2.24) is 20.1 Å². The summed E-state index contributed by atoms with van der Waals surface area (Å²) in [4.78, 5) is 36.4. The number of fused-ring (bicyclic) bond motifs is 1. The second-order valence-electron chi connectivity index (χ2n) is 11.7. The van der Waals surface area contributed by atoms with Gasteiger partial charge in [-0.25, -0.2) is 0 Å². The van der Waals surface area contributed by atoms with E-state index in [9.17, 15) is 9.59 Å². The second kappa shape index (κ2) is 13.3. The highest BCUT2D eigenvalue weighted by molar-refractivity contribution is 5.97. The molecule has 0 saturated carbocycles. The van der Waals surface area contributed by atoms with Crippen LogP contribution in [0.3, 0.4) is 0 Å². The van der Waals surface area contributed by atoms with Crippen LogP contribution in [-0.4, -0.2) is 90.8 Å². The summed E-state index contributed by atoms with van der Waals surface area (Å²) in [6.07, 6.45) is 2.75. The number of carbonyl (C=O) groups is 1. The van der Waals surface area contributed by atoms with Crippen LogP contribution in [0.5, 0.6) is 0 Å². The highest BCUT2D eigenvalue weighted by Crippen LogP contribution is 2.39. The molecule has 4 heterocycles. The van der Waals surface area contributed by atoms with Crippen molar-refractivity contribution in [1.29, 1.82) is 0 Å². The summed E-state index contributed by atoms with van der Waals surface area (Å²) in [7, 11) is 0. The van der Waals surface area contributed by atoms with Gasteiger partial charge in [0, 0.05) is 67.0 Å². The summed E-state index contributed by atoms with van der Waals surface area (Å²) in [5, 5.41) is 3.62. The number of piperazine rings is 1. The van der Waals surface area contributed by atoms with Gasteiger partial charge in [0.15, 0.2) is 0 Å². The molecule has 212 valence electrons. The van der Waals surface area contributed by atoms with Crippen LogP contribution < -0.4 is 15.8 Å². The van der Waals surface area contributed by atoms with E-state index >= 15 is 0 Å². The molecule has 1 amide bonds. The number of hydrogen-bond acceptors (Lipinski definition) is 6. The van der Waals surface area contributed by atoms with Gasteiger partial charge in [-0.1, -0.05) is 27.2 Å². The van der Waals surface area contributed by atoms with Crippen molar-refractivity contribution >= 4 is 36.4 Å². The summed E-state index contributed by atoms with van der Waals surface area (Å²) >= 11 is 0. The third kappa shape index (κ3) is 7.08. The van der Waals surface area contributed by atoms with Crippen LogP contribution in [0.1, 0.15) is 65.6 Å². The maximum atomic E-state index is 13.8. The zero-order valence-corrected chi connectivity index (χ0v) is 25.0. The van der Waals surface area contributed by atoms with Crippen LogP contribution in [0.4, 0.5) is 5.69 Å². The fraction of sp³-hybridized carbons (Fsp3) is 0.778. The summed E-state index contributed by atoms with van der Waals surface area (Å²) in [5.41, 5.74) is 2.27. The molecule has 0 spiro atoms. The first-order valence-corrected chi connectivity index (χ1v) is 13.5. The van der Waals surface area contributed by atoms with Crippen molar-refractivity contribution in [3.8, 4) is 0 Å². The highest BCUT2D eigenvalue weighted by Gasteiger charge is 2.41. The summed E-state index contributed by atoms with van der Waals surface area (Å²) in [6, 6.07) is 3.34. The van der Waals surface area contributed by atoms with Gasteiger partial charge < -0.3 is 19.9 Å². The molecule has 0 radical (unpaired) electrons. The zero-order valence-electron chi connectivity index (χ0n) is 23.3. The van der Waals surface area contributed by atoms with Gasteiger partial charge in [-0.05, 0) is 39.7 Å². The number of nitrogens with one attached hydrogen (secondary N) is 2. The second-order valence-corrected chi connectivity index (χ2v) is 11.7. The number of aromatic nitrogens is 1. The van der Waals surface area contributed by atoms with E-state index in [1.54, 1.807) is 0 Å². The van der Waals surface area contributed by atoms with E-state index in [-0.39, 0.29) is 47.7 Å². The first-order valence-electron chi connectivity index (χ1n) is 13.5. The molecule has 2 fully saturated rings. The van der Waals surface area contributed by atoms with Crippen molar-refractivity contribution in [2.75, 3.05) is 50.8 Å². The predicted octanol–water partition coefficient (Wildman–Crippen LogP) is 2.96. The van der Waals surface area contributed by atoms with Crippen LogP contribution in [-0.2, 0) is 21.4 Å². The maximum absolute atomic E-state index is 13.8. The van der Waals surface area contributed by atoms with Gasteiger partial charge in [0.25, 0.3) is 5.56 Å². The standard InChI is InChI=1S/C27H45N5O3.2ClH/c1-7-8-9-21-10-23-25(29-26(21)34)27(5,6)17-32(23)24(33)14-30-12-18(2)28-11-22(30)13-31-19(3)15-35-16-20(31)4;;/h10,18-20,22,28H,7-9,11-17H2,1-6H3,(H,29,34);2*1H/t18-,19-,20-,22-;;/m1../s1. The van der Waals surface area contributed by atoms with Crippen LogP contribution in [0, 0.1) is 0 Å². The Bertz CT molecular complexity index is 962. The fourth-order valence-corrected chi connectivity index (χ4v) is 5.93. The van der Waals surface area contributed by atoms with Crippen LogP contribution in [0.25, 0.3) is 0 Å². The summed E-state index contributed by atoms with van der Waals surface area (Å²) < 4.78 is 5.73. The van der Waals surface area contributed by atoms with Crippen molar-refractivity contribution in [2.24, 2.45) is 0 Å². The van der Waals surface area contributed by atoms with E-state index in [1.807, 2.05) is 11.0 Å². The van der Waals surface area contributed by atoms with E-state index in [0.29, 0.717) is 31.2 Å². The van der Waals surface area contributed by atoms with Gasteiger partial charge in [0.2, 0.25) is 5.91 Å². The minimum Gasteiger partial charge on any atom is -0.378 e. The Hall–Kier alpha value is -1.16. The number of amides is 1. The molecule has 4 rings (SSSR count). The number of halogens is 2. The number of morpholine rings is 1. The van der Waals surface area contributed by atoms with Gasteiger partial charge >= 0.3 is 0 Å². The fourth-order valence-electron chi connectivity index (χ4n) is 5.93. The Kier molecular flexibility index (Phi) is 11.5. The molecule has 1 aromatic rings. The van der Waals surface area contributed by atoms with Gasteiger partial charge in [0.05, 0.1) is 25.4 Å². The number of nitrogens with zero attached hydrogens (tertiary/aromatic N) is 3. The number of H-pyrrole nitrogens is 1. The predicted molar refractivity (Wildman–Crippen MR) is 155 cm³/mol. The molecular weight excluding hydrogens is 513 g/mol. The maximum Gasteiger partial charge on any atom is 0.251 e. The molecule has 0 aromatic carbocycles. The number of unbranched alkanes of at least 4 members (excludes halogenated alkanes) is 1. The molecule has 0 bridgehead atoms. The van der Waals surface area contributed by atoms with Crippen molar-refractivity contribution in [2.45, 2.75) is 90.4 Å². The summed E-state index contributed by atoms with van der Waals surface area (Å²) in [6.45, 7) is 18.1. The van der Waals surface area contributed by atoms with Crippen molar-refractivity contribution < 1.29 is 9.53 Å². The van der Waals surface area contributed by atoms with E-state index in [0.717, 1.165) is 69.1 Å². The van der Waals surface area contributed by atoms with Crippen LogP contribution >= 0.6 is 24.8 Å². The monoisotopic (exact) mass is 559 g/mol. The lowest BCUT2D eigenvalue weighted by molar-refractivity contribution is -0.121. The van der Waals surface area contributed by atoms with E-state index in [4.69, 9.17) is 4.74 Å². The van der Waals surface area contributed by atoms with Gasteiger partial charge in [0.1, 0.15) is 0 Å². The Morgan fingerprint density at radius 2 is 1.84 bits per heavy atom. The molecule has 3 aliphatic rings. The SMILES string of the molecule is CCCCc1cc2c([nH]c1=O)C(C)(C)CN2C(=O)CN1C[C@@H](C)NC[C@@H]1CN1[C@H](C)COC[C@H]1C.Cl.Cl. The van der Waals surface area contributed by atoms with Crippen molar-refractivity contribution in [3.05, 3.63) is 27.7 Å². The number of aryl methyl sites for hydroxylation is 1. The Labute approximate surface area is 234 Å². The number of rotatable bonds is 7. The molecule has 37 heavy (non-hydrogen) atoms. The Morgan fingerprint density at radius 3 is 2.49 bits per heavy atom.